The van der Waals surface area contributed by atoms with Crippen molar-refractivity contribution in [2.45, 2.75) is 42.7 Å². The highest BCUT2D eigenvalue weighted by molar-refractivity contribution is 7.92. The van der Waals surface area contributed by atoms with Crippen molar-refractivity contribution in [1.29, 1.82) is 0 Å². The van der Waals surface area contributed by atoms with E-state index < -0.39 is 21.7 Å². The molecule has 2 aromatic rings. The number of hydrogen-bond acceptors (Lipinski definition) is 5. The van der Waals surface area contributed by atoms with Crippen LogP contribution >= 0.6 is 0 Å². The van der Waals surface area contributed by atoms with Gasteiger partial charge in [0.2, 0.25) is 0 Å². The van der Waals surface area contributed by atoms with Gasteiger partial charge in [-0.3, -0.25) is 4.72 Å². The second-order valence-corrected chi connectivity index (χ2v) is 8.94. The molecule has 2 atom stereocenters. The Balaban J connectivity index is 1.41. The van der Waals surface area contributed by atoms with Gasteiger partial charge in [0.1, 0.15) is 22.3 Å². The number of nitrogens with one attached hydrogen (secondary N) is 2. The van der Waals surface area contributed by atoms with Gasteiger partial charge in [0.05, 0.1) is 11.8 Å². The average molecular weight is 409 g/mol. The Hall–Kier alpha value is -2.26. The molecule has 2 fully saturated rings. The number of benzene rings is 1. The Morgan fingerprint density at radius 3 is 2.46 bits per heavy atom. The molecule has 2 N–H and O–H groups in total. The van der Waals surface area contributed by atoms with Gasteiger partial charge in [-0.15, -0.1) is 0 Å². The fourth-order valence-electron chi connectivity index (χ4n) is 3.42. The summed E-state index contributed by atoms with van der Waals surface area (Å²) in [5, 5.41) is 3.33. The number of nitrogens with zero attached hydrogens (tertiary/aromatic N) is 1. The molecule has 1 saturated carbocycles. The van der Waals surface area contributed by atoms with E-state index in [-0.39, 0.29) is 16.6 Å². The maximum atomic E-state index is 13.3. The molecule has 0 radical (unpaired) electrons. The minimum absolute atomic E-state index is 0.0921. The molecular formula is C19H21F2N3O3S. The van der Waals surface area contributed by atoms with Gasteiger partial charge in [-0.05, 0) is 55.9 Å². The molecule has 9 heteroatoms. The normalized spacial score (nSPS) is 22.6. The molecule has 1 aromatic carbocycles. The Kier molecular flexibility index (Phi) is 5.20. The molecule has 2 aliphatic rings. The van der Waals surface area contributed by atoms with Gasteiger partial charge in [0.25, 0.3) is 10.0 Å². The first-order chi connectivity index (χ1) is 13.4. The van der Waals surface area contributed by atoms with Gasteiger partial charge in [0.15, 0.2) is 0 Å². The molecule has 2 unspecified atom stereocenters. The highest BCUT2D eigenvalue weighted by Crippen LogP contribution is 2.38. The highest BCUT2D eigenvalue weighted by atomic mass is 32.2. The molecule has 2 heterocycles. The van der Waals surface area contributed by atoms with Gasteiger partial charge in [0, 0.05) is 24.9 Å². The summed E-state index contributed by atoms with van der Waals surface area (Å²) in [6.07, 6.45) is 5.76. The molecule has 28 heavy (non-hydrogen) atoms. The maximum Gasteiger partial charge on any atom is 0.263 e. The van der Waals surface area contributed by atoms with Gasteiger partial charge < -0.3 is 10.1 Å². The zero-order valence-electron chi connectivity index (χ0n) is 15.1. The van der Waals surface area contributed by atoms with Crippen molar-refractivity contribution in [3.8, 4) is 0 Å². The summed E-state index contributed by atoms with van der Waals surface area (Å²) in [5.41, 5.74) is -0.187. The SMILES string of the molecule is O=S(=O)(Nc1cc(F)cc(F)c1)c1ccc(NC2CCOC(C3CC3)C2)nc1. The largest absolute Gasteiger partial charge is 0.378 e. The molecule has 0 spiro atoms. The van der Waals surface area contributed by atoms with E-state index in [0.717, 1.165) is 25.0 Å². The third-order valence-corrected chi connectivity index (χ3v) is 6.34. The molecule has 1 aliphatic heterocycles. The van der Waals surface area contributed by atoms with Crippen LogP contribution in [-0.2, 0) is 14.8 Å². The minimum atomic E-state index is -4.00. The second-order valence-electron chi connectivity index (χ2n) is 7.26. The minimum Gasteiger partial charge on any atom is -0.378 e. The van der Waals surface area contributed by atoms with Crippen molar-refractivity contribution in [1.82, 2.24) is 4.98 Å². The topological polar surface area (TPSA) is 80.3 Å². The zero-order valence-corrected chi connectivity index (χ0v) is 15.9. The molecule has 150 valence electrons. The fourth-order valence-corrected chi connectivity index (χ4v) is 4.40. The standard InChI is InChI=1S/C19H21F2N3O3S/c20-13-7-14(21)9-16(8-13)24-28(25,26)17-3-4-19(22-11-17)23-15-5-6-27-18(10-15)12-1-2-12/h3-4,7-9,11-12,15,18,24H,1-2,5-6,10H2,(H,22,23). The van der Waals surface area contributed by atoms with Crippen molar-refractivity contribution in [3.05, 3.63) is 48.2 Å². The van der Waals surface area contributed by atoms with Crippen molar-refractivity contribution in [3.63, 3.8) is 0 Å². The first-order valence-corrected chi connectivity index (χ1v) is 10.7. The van der Waals surface area contributed by atoms with Crippen LogP contribution in [0.5, 0.6) is 0 Å². The van der Waals surface area contributed by atoms with E-state index in [4.69, 9.17) is 4.74 Å². The molecule has 6 nitrogen and oxygen atoms in total. The lowest BCUT2D eigenvalue weighted by molar-refractivity contribution is -0.00223. The summed E-state index contributed by atoms with van der Waals surface area (Å²) in [6.45, 7) is 0.708. The van der Waals surface area contributed by atoms with Crippen LogP contribution in [0.4, 0.5) is 20.3 Å². The lowest BCUT2D eigenvalue weighted by Gasteiger charge is -2.30. The van der Waals surface area contributed by atoms with Crippen LogP contribution in [0, 0.1) is 17.6 Å². The van der Waals surface area contributed by atoms with Crippen molar-refractivity contribution in [2.24, 2.45) is 5.92 Å². The Bertz CT molecular complexity index is 929. The lowest BCUT2D eigenvalue weighted by Crippen LogP contribution is -2.35. The second kappa shape index (κ2) is 7.63. The van der Waals surface area contributed by atoms with Crippen LogP contribution in [0.25, 0.3) is 0 Å². The van der Waals surface area contributed by atoms with E-state index in [0.29, 0.717) is 30.5 Å². The number of sulfonamides is 1. The predicted molar refractivity (Wildman–Crippen MR) is 101 cm³/mol. The summed E-state index contributed by atoms with van der Waals surface area (Å²) in [4.78, 5) is 4.09. The Labute approximate surface area is 162 Å². The molecule has 4 rings (SSSR count). The van der Waals surface area contributed by atoms with E-state index in [1.54, 1.807) is 6.07 Å². The fraction of sp³-hybridized carbons (Fsp3) is 0.421. The van der Waals surface area contributed by atoms with Crippen LogP contribution in [-0.4, -0.2) is 32.2 Å². The third kappa shape index (κ3) is 4.59. The summed E-state index contributed by atoms with van der Waals surface area (Å²) in [7, 11) is -4.00. The number of pyridine rings is 1. The van der Waals surface area contributed by atoms with Gasteiger partial charge in [-0.25, -0.2) is 22.2 Å². The van der Waals surface area contributed by atoms with Gasteiger partial charge >= 0.3 is 0 Å². The Morgan fingerprint density at radius 2 is 1.82 bits per heavy atom. The van der Waals surface area contributed by atoms with Crippen molar-refractivity contribution in [2.75, 3.05) is 16.6 Å². The first-order valence-electron chi connectivity index (χ1n) is 9.22. The van der Waals surface area contributed by atoms with E-state index in [1.165, 1.54) is 25.1 Å². The van der Waals surface area contributed by atoms with Crippen LogP contribution in [0.3, 0.4) is 0 Å². The average Bonchev–Trinajstić information content (AvgIpc) is 3.46. The molecule has 1 aliphatic carbocycles. The summed E-state index contributed by atoms with van der Waals surface area (Å²) >= 11 is 0. The summed E-state index contributed by atoms with van der Waals surface area (Å²) in [6, 6.07) is 5.72. The van der Waals surface area contributed by atoms with Crippen LogP contribution < -0.4 is 10.0 Å². The van der Waals surface area contributed by atoms with Crippen LogP contribution in [0.15, 0.2) is 41.4 Å². The summed E-state index contributed by atoms with van der Waals surface area (Å²) in [5.74, 6) is -0.478. The number of aromatic nitrogens is 1. The van der Waals surface area contributed by atoms with E-state index in [1.807, 2.05) is 0 Å². The first kappa shape index (κ1) is 19.1. The van der Waals surface area contributed by atoms with Crippen molar-refractivity contribution >= 4 is 21.5 Å². The molecule has 1 aromatic heterocycles. The molecule has 1 saturated heterocycles. The lowest BCUT2D eigenvalue weighted by atomic mass is 10.00. The molecule has 0 bridgehead atoms. The van der Waals surface area contributed by atoms with Crippen LogP contribution in [0.1, 0.15) is 25.7 Å². The van der Waals surface area contributed by atoms with E-state index in [2.05, 4.69) is 15.0 Å². The number of hydrogen-bond donors (Lipinski definition) is 2. The molecular weight excluding hydrogens is 388 g/mol. The van der Waals surface area contributed by atoms with E-state index in [9.17, 15) is 17.2 Å². The van der Waals surface area contributed by atoms with Gasteiger partial charge in [-0.2, -0.15) is 0 Å². The predicted octanol–water partition coefficient (Wildman–Crippen LogP) is 3.53. The Morgan fingerprint density at radius 1 is 1.07 bits per heavy atom. The number of ether oxygens (including phenoxy) is 1. The maximum absolute atomic E-state index is 13.3. The smallest absolute Gasteiger partial charge is 0.263 e. The molecule has 0 amide bonds. The monoisotopic (exact) mass is 409 g/mol. The summed E-state index contributed by atoms with van der Waals surface area (Å²) < 4.78 is 59.3. The number of rotatable bonds is 6. The van der Waals surface area contributed by atoms with Crippen molar-refractivity contribution < 1.29 is 21.9 Å². The third-order valence-electron chi connectivity index (χ3n) is 4.98. The quantitative estimate of drug-likeness (QED) is 0.763. The zero-order chi connectivity index (χ0) is 19.7. The number of halogens is 2. The van der Waals surface area contributed by atoms with E-state index >= 15 is 0 Å². The van der Waals surface area contributed by atoms with Crippen LogP contribution in [0.2, 0.25) is 0 Å². The highest BCUT2D eigenvalue weighted by Gasteiger charge is 2.35. The van der Waals surface area contributed by atoms with Gasteiger partial charge in [-0.1, -0.05) is 0 Å². The number of anilines is 2.